The molecule has 3 aromatic heterocycles. The number of morpholine rings is 1. The van der Waals surface area contributed by atoms with E-state index in [-0.39, 0.29) is 5.82 Å². The van der Waals surface area contributed by atoms with E-state index in [0.717, 1.165) is 92.6 Å². The van der Waals surface area contributed by atoms with Gasteiger partial charge < -0.3 is 15.8 Å². The lowest BCUT2D eigenvalue weighted by Gasteiger charge is -2.25. The van der Waals surface area contributed by atoms with Gasteiger partial charge in [-0.15, -0.1) is 11.3 Å². The van der Waals surface area contributed by atoms with Crippen LogP contribution in [-0.2, 0) is 17.7 Å². The van der Waals surface area contributed by atoms with Gasteiger partial charge in [0.25, 0.3) is 0 Å². The number of ether oxygens (including phenoxy) is 1. The third kappa shape index (κ3) is 5.01. The quantitative estimate of drug-likeness (QED) is 0.421. The van der Waals surface area contributed by atoms with Crippen LogP contribution in [0.2, 0.25) is 0 Å². The van der Waals surface area contributed by atoms with Crippen LogP contribution in [0.4, 0.5) is 11.6 Å². The van der Waals surface area contributed by atoms with Crippen molar-refractivity contribution in [2.75, 3.05) is 43.9 Å². The summed E-state index contributed by atoms with van der Waals surface area (Å²) in [6.07, 6.45) is 3.79. The minimum absolute atomic E-state index is 0.284. The van der Waals surface area contributed by atoms with E-state index in [2.05, 4.69) is 40.3 Å². The molecule has 1 saturated heterocycles. The first-order valence-electron chi connectivity index (χ1n) is 11.1. The molecular weight excluding hydrogens is 424 g/mol. The molecule has 1 aliphatic rings. The highest BCUT2D eigenvalue weighted by Crippen LogP contribution is 2.33. The molecule has 4 N–H and O–H groups in total. The number of aromatic amines is 1. The topological polar surface area (TPSA) is 129 Å². The summed E-state index contributed by atoms with van der Waals surface area (Å²) in [6.45, 7) is 9.26. The van der Waals surface area contributed by atoms with Crippen molar-refractivity contribution < 1.29 is 4.74 Å². The van der Waals surface area contributed by atoms with Gasteiger partial charge >= 0.3 is 0 Å². The van der Waals surface area contributed by atoms with Crippen molar-refractivity contribution in [2.24, 2.45) is 0 Å². The van der Waals surface area contributed by atoms with Crippen molar-refractivity contribution >= 4 is 33.2 Å². The monoisotopic (exact) mass is 454 g/mol. The zero-order chi connectivity index (χ0) is 22.5. The average molecular weight is 455 g/mol. The molecule has 0 aliphatic carbocycles. The van der Waals surface area contributed by atoms with Crippen molar-refractivity contribution in [1.82, 2.24) is 25.1 Å². The number of nitrogens with one attached hydrogen (secondary N) is 2. The summed E-state index contributed by atoms with van der Waals surface area (Å²) in [5, 5.41) is 20.7. The van der Waals surface area contributed by atoms with Gasteiger partial charge in [-0.05, 0) is 38.7 Å². The van der Waals surface area contributed by atoms with Crippen LogP contribution in [0.5, 0.6) is 0 Å². The van der Waals surface area contributed by atoms with E-state index in [1.165, 1.54) is 10.4 Å². The molecule has 0 aromatic carbocycles. The van der Waals surface area contributed by atoms with Gasteiger partial charge in [-0.2, -0.15) is 10.4 Å². The van der Waals surface area contributed by atoms with Crippen molar-refractivity contribution in [1.29, 1.82) is 5.26 Å². The van der Waals surface area contributed by atoms with Gasteiger partial charge in [0.2, 0.25) is 0 Å². The van der Waals surface area contributed by atoms with Gasteiger partial charge in [0, 0.05) is 24.5 Å². The molecule has 0 unspecified atom stereocenters. The Balaban J connectivity index is 1.36. The number of thiophene rings is 1. The van der Waals surface area contributed by atoms with E-state index in [1.54, 1.807) is 11.3 Å². The summed E-state index contributed by atoms with van der Waals surface area (Å²) < 4.78 is 5.46. The number of unbranched alkanes of at least 4 members (excludes halogenated alkanes) is 2. The second-order valence-electron chi connectivity index (χ2n) is 8.15. The Morgan fingerprint density at radius 3 is 2.81 bits per heavy atom. The second-order valence-corrected chi connectivity index (χ2v) is 9.36. The van der Waals surface area contributed by atoms with Gasteiger partial charge in [-0.1, -0.05) is 6.42 Å². The molecular formula is C22H30N8OS. The van der Waals surface area contributed by atoms with Gasteiger partial charge in [-0.25, -0.2) is 9.97 Å². The molecule has 10 heteroatoms. The van der Waals surface area contributed by atoms with Crippen LogP contribution in [0.3, 0.4) is 0 Å². The molecule has 32 heavy (non-hydrogen) atoms. The minimum atomic E-state index is 0.284. The SMILES string of the molecule is Cc1sc2nc(CN3CCOCC3)nc(NCCCCCc3[nH]nc(N)c3C#N)c2c1C. The molecule has 0 atom stereocenters. The second kappa shape index (κ2) is 10.3. The highest BCUT2D eigenvalue weighted by Gasteiger charge is 2.17. The Morgan fingerprint density at radius 1 is 1.22 bits per heavy atom. The van der Waals surface area contributed by atoms with Gasteiger partial charge in [0.15, 0.2) is 5.82 Å². The molecule has 0 radical (unpaired) electrons. The maximum atomic E-state index is 9.17. The average Bonchev–Trinajstić information content (AvgIpc) is 3.29. The van der Waals surface area contributed by atoms with Gasteiger partial charge in [-0.3, -0.25) is 10.00 Å². The number of aromatic nitrogens is 4. The van der Waals surface area contributed by atoms with E-state index in [0.29, 0.717) is 5.56 Å². The molecule has 4 heterocycles. The minimum Gasteiger partial charge on any atom is -0.381 e. The number of fused-ring (bicyclic) bond motifs is 1. The predicted octanol–water partition coefficient (Wildman–Crippen LogP) is 3.14. The van der Waals surface area contributed by atoms with Gasteiger partial charge in [0.1, 0.15) is 28.1 Å². The molecule has 1 fully saturated rings. The van der Waals surface area contributed by atoms with Crippen molar-refractivity contribution in [3.05, 3.63) is 27.5 Å². The zero-order valence-electron chi connectivity index (χ0n) is 18.7. The van der Waals surface area contributed by atoms with E-state index in [9.17, 15) is 5.26 Å². The summed E-state index contributed by atoms with van der Waals surface area (Å²) in [5.41, 5.74) is 8.26. The Morgan fingerprint density at radius 2 is 2.03 bits per heavy atom. The standard InChI is InChI=1S/C22H30N8OS/c1-14-15(2)32-22-19(14)21(26-18(27-22)13-30-8-10-31-11-9-30)25-7-5-3-4-6-17-16(12-23)20(24)29-28-17/h3-11,13H2,1-2H3,(H3,24,28,29)(H,25,26,27). The molecule has 4 rings (SSSR count). The fourth-order valence-corrected chi connectivity index (χ4v) is 5.01. The highest BCUT2D eigenvalue weighted by atomic mass is 32.1. The first kappa shape index (κ1) is 22.5. The van der Waals surface area contributed by atoms with Crippen LogP contribution in [0.15, 0.2) is 0 Å². The van der Waals surface area contributed by atoms with E-state index in [1.807, 2.05) is 0 Å². The number of hydrogen-bond donors (Lipinski definition) is 3. The van der Waals surface area contributed by atoms with Crippen LogP contribution >= 0.6 is 11.3 Å². The van der Waals surface area contributed by atoms with Crippen molar-refractivity contribution in [3.63, 3.8) is 0 Å². The maximum Gasteiger partial charge on any atom is 0.163 e. The summed E-state index contributed by atoms with van der Waals surface area (Å²) >= 11 is 1.74. The van der Waals surface area contributed by atoms with Crippen molar-refractivity contribution in [2.45, 2.75) is 46.1 Å². The Labute approximate surface area is 192 Å². The van der Waals surface area contributed by atoms with Crippen LogP contribution < -0.4 is 11.1 Å². The van der Waals surface area contributed by atoms with E-state index >= 15 is 0 Å². The lowest BCUT2D eigenvalue weighted by Crippen LogP contribution is -2.36. The number of hydrogen-bond acceptors (Lipinski definition) is 9. The first-order chi connectivity index (χ1) is 15.6. The lowest BCUT2D eigenvalue weighted by molar-refractivity contribution is 0.0331. The smallest absolute Gasteiger partial charge is 0.163 e. The number of nitriles is 1. The third-order valence-corrected chi connectivity index (χ3v) is 7.02. The Kier molecular flexibility index (Phi) is 7.19. The van der Waals surface area contributed by atoms with Gasteiger partial charge in [0.05, 0.1) is 30.8 Å². The van der Waals surface area contributed by atoms with E-state index in [4.69, 9.17) is 20.4 Å². The fraction of sp³-hybridized carbons (Fsp3) is 0.545. The molecule has 170 valence electrons. The Hall–Kier alpha value is -2.74. The first-order valence-corrected chi connectivity index (χ1v) is 11.9. The van der Waals surface area contributed by atoms with Crippen LogP contribution in [-0.4, -0.2) is 57.9 Å². The van der Waals surface area contributed by atoms with Crippen LogP contribution in [0.1, 0.15) is 46.8 Å². The van der Waals surface area contributed by atoms with Crippen LogP contribution in [0, 0.1) is 25.2 Å². The number of nitrogens with two attached hydrogens (primary N) is 1. The number of anilines is 2. The summed E-state index contributed by atoms with van der Waals surface area (Å²) in [7, 11) is 0. The van der Waals surface area contributed by atoms with Crippen molar-refractivity contribution in [3.8, 4) is 6.07 Å². The summed E-state index contributed by atoms with van der Waals surface area (Å²) in [5.74, 6) is 2.09. The molecule has 0 bridgehead atoms. The largest absolute Gasteiger partial charge is 0.381 e. The third-order valence-electron chi connectivity index (χ3n) is 5.92. The summed E-state index contributed by atoms with van der Waals surface area (Å²) in [4.78, 5) is 14.4. The predicted molar refractivity (Wildman–Crippen MR) is 127 cm³/mol. The number of rotatable bonds is 9. The molecule has 3 aromatic rings. The fourth-order valence-electron chi connectivity index (χ4n) is 3.96. The lowest BCUT2D eigenvalue weighted by atomic mass is 10.1. The highest BCUT2D eigenvalue weighted by molar-refractivity contribution is 7.18. The number of H-pyrrole nitrogens is 1. The number of nitrogen functional groups attached to an aromatic ring is 1. The van der Waals surface area contributed by atoms with E-state index < -0.39 is 0 Å². The number of nitrogens with zero attached hydrogens (tertiary/aromatic N) is 5. The van der Waals surface area contributed by atoms with Crippen LogP contribution in [0.25, 0.3) is 10.2 Å². The zero-order valence-corrected chi connectivity index (χ0v) is 19.5. The molecule has 0 spiro atoms. The number of aryl methyl sites for hydroxylation is 3. The molecule has 0 amide bonds. The molecule has 1 aliphatic heterocycles. The Bertz CT molecular complexity index is 1110. The molecule has 0 saturated carbocycles. The normalized spacial score (nSPS) is 14.7. The molecule has 9 nitrogen and oxygen atoms in total. The summed E-state index contributed by atoms with van der Waals surface area (Å²) in [6, 6.07) is 2.12. The maximum absolute atomic E-state index is 9.17.